The second kappa shape index (κ2) is 6.86. The van der Waals surface area contributed by atoms with Gasteiger partial charge in [-0.15, -0.1) is 0 Å². The van der Waals surface area contributed by atoms with E-state index in [9.17, 15) is 4.79 Å². The van der Waals surface area contributed by atoms with Crippen LogP contribution in [-0.4, -0.2) is 42.1 Å². The molecule has 0 aromatic heterocycles. The van der Waals surface area contributed by atoms with Gasteiger partial charge in [-0.1, -0.05) is 37.3 Å². The van der Waals surface area contributed by atoms with Crippen LogP contribution in [0.1, 0.15) is 25.8 Å². The Hall–Kier alpha value is -1.39. The van der Waals surface area contributed by atoms with Gasteiger partial charge in [0.2, 0.25) is 5.91 Å². The van der Waals surface area contributed by atoms with E-state index in [0.717, 1.165) is 12.0 Å². The third-order valence-electron chi connectivity index (χ3n) is 3.71. The van der Waals surface area contributed by atoms with Gasteiger partial charge in [0.05, 0.1) is 18.2 Å². The summed E-state index contributed by atoms with van der Waals surface area (Å²) < 4.78 is 5.78. The number of ether oxygens (including phenoxy) is 1. The summed E-state index contributed by atoms with van der Waals surface area (Å²) in [5.41, 5.74) is 7.18. The fourth-order valence-corrected chi connectivity index (χ4v) is 2.64. The highest BCUT2D eigenvalue weighted by Crippen LogP contribution is 2.15. The lowest BCUT2D eigenvalue weighted by molar-refractivity contribution is -0.145. The Morgan fingerprint density at radius 2 is 2.10 bits per heavy atom. The van der Waals surface area contributed by atoms with E-state index >= 15 is 0 Å². The molecule has 1 aliphatic heterocycles. The molecule has 2 N–H and O–H groups in total. The average molecular weight is 276 g/mol. The van der Waals surface area contributed by atoms with Gasteiger partial charge in [-0.3, -0.25) is 4.79 Å². The van der Waals surface area contributed by atoms with Crippen LogP contribution >= 0.6 is 0 Å². The van der Waals surface area contributed by atoms with Crippen LogP contribution in [0.15, 0.2) is 30.3 Å². The molecule has 1 amide bonds. The van der Waals surface area contributed by atoms with Gasteiger partial charge in [0.15, 0.2) is 0 Å². The molecule has 1 fully saturated rings. The van der Waals surface area contributed by atoms with Crippen molar-refractivity contribution in [3.63, 3.8) is 0 Å². The molecule has 1 aliphatic rings. The van der Waals surface area contributed by atoms with Gasteiger partial charge in [-0.2, -0.15) is 0 Å². The topological polar surface area (TPSA) is 55.6 Å². The van der Waals surface area contributed by atoms with Crippen LogP contribution in [0, 0.1) is 0 Å². The largest absolute Gasteiger partial charge is 0.372 e. The van der Waals surface area contributed by atoms with Crippen LogP contribution in [0.2, 0.25) is 0 Å². The lowest BCUT2D eigenvalue weighted by Gasteiger charge is -2.37. The van der Waals surface area contributed by atoms with E-state index in [1.165, 1.54) is 0 Å². The van der Waals surface area contributed by atoms with Crippen molar-refractivity contribution in [2.24, 2.45) is 5.73 Å². The van der Waals surface area contributed by atoms with E-state index in [1.807, 2.05) is 42.2 Å². The first-order chi connectivity index (χ1) is 9.60. The summed E-state index contributed by atoms with van der Waals surface area (Å²) in [5, 5.41) is 0. The number of hydrogen-bond donors (Lipinski definition) is 1. The smallest absolute Gasteiger partial charge is 0.240 e. The second-order valence-corrected chi connectivity index (χ2v) is 5.52. The van der Waals surface area contributed by atoms with Crippen molar-refractivity contribution in [1.82, 2.24) is 4.90 Å². The third-order valence-corrected chi connectivity index (χ3v) is 3.71. The summed E-state index contributed by atoms with van der Waals surface area (Å²) in [6.07, 6.45) is 1.72. The molecule has 1 heterocycles. The van der Waals surface area contributed by atoms with Crippen molar-refractivity contribution in [2.75, 3.05) is 13.1 Å². The predicted octanol–water partition coefficient (Wildman–Crippen LogP) is 1.58. The van der Waals surface area contributed by atoms with E-state index in [4.69, 9.17) is 10.5 Å². The summed E-state index contributed by atoms with van der Waals surface area (Å²) in [7, 11) is 0. The standard InChI is InChI=1S/C16H24N2O2/c1-3-14-11-18(10-12(2)20-14)16(19)15(17)9-13-7-5-4-6-8-13/h4-8,12,14-15H,3,9-11,17H2,1-2H3. The number of amides is 1. The second-order valence-electron chi connectivity index (χ2n) is 5.52. The molecular weight excluding hydrogens is 252 g/mol. The highest BCUT2D eigenvalue weighted by atomic mass is 16.5. The number of morpholine rings is 1. The molecule has 0 bridgehead atoms. The minimum Gasteiger partial charge on any atom is -0.372 e. The van der Waals surface area contributed by atoms with Crippen LogP contribution in [-0.2, 0) is 16.0 Å². The summed E-state index contributed by atoms with van der Waals surface area (Å²) in [4.78, 5) is 14.3. The third kappa shape index (κ3) is 3.81. The fourth-order valence-electron chi connectivity index (χ4n) is 2.64. The quantitative estimate of drug-likeness (QED) is 0.908. The first-order valence-corrected chi connectivity index (χ1v) is 7.34. The Bertz CT molecular complexity index is 435. The van der Waals surface area contributed by atoms with Crippen LogP contribution in [0.3, 0.4) is 0 Å². The van der Waals surface area contributed by atoms with Crippen LogP contribution in [0.5, 0.6) is 0 Å². The Morgan fingerprint density at radius 1 is 1.40 bits per heavy atom. The molecule has 4 heteroatoms. The van der Waals surface area contributed by atoms with E-state index < -0.39 is 6.04 Å². The summed E-state index contributed by atoms with van der Waals surface area (Å²) in [5.74, 6) is 0.0300. The lowest BCUT2D eigenvalue weighted by Crippen LogP contribution is -2.54. The zero-order chi connectivity index (χ0) is 14.5. The van der Waals surface area contributed by atoms with Crippen molar-refractivity contribution in [3.8, 4) is 0 Å². The minimum absolute atomic E-state index is 0.0300. The minimum atomic E-state index is -0.472. The van der Waals surface area contributed by atoms with Gasteiger partial charge in [0, 0.05) is 13.1 Å². The Labute approximate surface area is 120 Å². The Balaban J connectivity index is 1.95. The van der Waals surface area contributed by atoms with Gasteiger partial charge >= 0.3 is 0 Å². The van der Waals surface area contributed by atoms with Crippen LogP contribution < -0.4 is 5.73 Å². The number of rotatable bonds is 4. The number of hydrogen-bond acceptors (Lipinski definition) is 3. The zero-order valence-electron chi connectivity index (χ0n) is 12.3. The number of nitrogens with two attached hydrogens (primary N) is 1. The SMILES string of the molecule is CCC1CN(C(=O)C(N)Cc2ccccc2)CC(C)O1. The highest BCUT2D eigenvalue weighted by Gasteiger charge is 2.30. The van der Waals surface area contributed by atoms with Crippen molar-refractivity contribution < 1.29 is 9.53 Å². The monoisotopic (exact) mass is 276 g/mol. The van der Waals surface area contributed by atoms with E-state index in [1.54, 1.807) is 0 Å². The lowest BCUT2D eigenvalue weighted by atomic mass is 10.0. The van der Waals surface area contributed by atoms with E-state index in [0.29, 0.717) is 19.5 Å². The molecule has 0 radical (unpaired) electrons. The summed E-state index contributed by atoms with van der Waals surface area (Å²) in [6.45, 7) is 5.38. The molecular formula is C16H24N2O2. The molecule has 4 nitrogen and oxygen atoms in total. The molecule has 0 saturated carbocycles. The highest BCUT2D eigenvalue weighted by molar-refractivity contribution is 5.82. The normalized spacial score (nSPS) is 24.4. The number of carbonyl (C=O) groups is 1. The summed E-state index contributed by atoms with van der Waals surface area (Å²) in [6, 6.07) is 9.44. The molecule has 1 aromatic rings. The average Bonchev–Trinajstić information content (AvgIpc) is 2.46. The van der Waals surface area contributed by atoms with Crippen molar-refractivity contribution in [2.45, 2.75) is 44.9 Å². The number of nitrogens with zero attached hydrogens (tertiary/aromatic N) is 1. The molecule has 1 aromatic carbocycles. The maximum Gasteiger partial charge on any atom is 0.240 e. The molecule has 0 aliphatic carbocycles. The van der Waals surface area contributed by atoms with Gasteiger partial charge in [0.25, 0.3) is 0 Å². The first-order valence-electron chi connectivity index (χ1n) is 7.34. The maximum atomic E-state index is 12.5. The molecule has 110 valence electrons. The maximum absolute atomic E-state index is 12.5. The predicted molar refractivity (Wildman–Crippen MR) is 79.3 cm³/mol. The number of carbonyl (C=O) groups excluding carboxylic acids is 1. The van der Waals surface area contributed by atoms with E-state index in [-0.39, 0.29) is 18.1 Å². The van der Waals surface area contributed by atoms with Gasteiger partial charge in [-0.25, -0.2) is 0 Å². The van der Waals surface area contributed by atoms with Gasteiger partial charge < -0.3 is 15.4 Å². The summed E-state index contributed by atoms with van der Waals surface area (Å²) >= 11 is 0. The molecule has 1 saturated heterocycles. The molecule has 20 heavy (non-hydrogen) atoms. The van der Waals surface area contributed by atoms with Crippen LogP contribution in [0.25, 0.3) is 0 Å². The van der Waals surface area contributed by atoms with Crippen molar-refractivity contribution in [1.29, 1.82) is 0 Å². The van der Waals surface area contributed by atoms with Gasteiger partial charge in [0.1, 0.15) is 0 Å². The molecule has 0 spiro atoms. The Morgan fingerprint density at radius 3 is 2.75 bits per heavy atom. The molecule has 3 unspecified atom stereocenters. The fraction of sp³-hybridized carbons (Fsp3) is 0.562. The Kier molecular flexibility index (Phi) is 5.15. The van der Waals surface area contributed by atoms with E-state index in [2.05, 4.69) is 6.92 Å². The first kappa shape index (κ1) is 15.0. The van der Waals surface area contributed by atoms with Crippen molar-refractivity contribution in [3.05, 3.63) is 35.9 Å². The molecule has 2 rings (SSSR count). The van der Waals surface area contributed by atoms with Crippen LogP contribution in [0.4, 0.5) is 0 Å². The molecule has 3 atom stereocenters. The zero-order valence-corrected chi connectivity index (χ0v) is 12.3. The van der Waals surface area contributed by atoms with Crippen molar-refractivity contribution >= 4 is 5.91 Å². The van der Waals surface area contributed by atoms with Gasteiger partial charge in [-0.05, 0) is 25.3 Å². The number of benzene rings is 1.